The van der Waals surface area contributed by atoms with Crippen molar-refractivity contribution in [2.24, 2.45) is 0 Å². The van der Waals surface area contributed by atoms with E-state index < -0.39 is 21.0 Å². The van der Waals surface area contributed by atoms with Crippen molar-refractivity contribution in [3.63, 3.8) is 0 Å². The fourth-order valence-corrected chi connectivity index (χ4v) is 4.95. The predicted molar refractivity (Wildman–Crippen MR) is 98.9 cm³/mol. The van der Waals surface area contributed by atoms with Crippen molar-refractivity contribution >= 4 is 37.3 Å². The Hall–Kier alpha value is -1.41. The summed E-state index contributed by atoms with van der Waals surface area (Å²) in [6.45, 7) is 0. The summed E-state index contributed by atoms with van der Waals surface area (Å²) in [4.78, 5) is 10.8. The number of hydrogen-bond donors (Lipinski definition) is 0. The summed E-state index contributed by atoms with van der Waals surface area (Å²) in [5.74, 6) is 0. The van der Waals surface area contributed by atoms with E-state index in [-0.39, 0.29) is 11.4 Å². The van der Waals surface area contributed by atoms with Gasteiger partial charge in [0.15, 0.2) is 0 Å². The van der Waals surface area contributed by atoms with E-state index in [4.69, 9.17) is 0 Å². The molecule has 0 aliphatic heterocycles. The Balaban J connectivity index is 2.57. The zero-order valence-electron chi connectivity index (χ0n) is 13.5. The van der Waals surface area contributed by atoms with Crippen molar-refractivity contribution < 1.29 is 13.3 Å². The molecule has 1 aliphatic rings. The number of para-hydroxylation sites is 2. The molecule has 0 aromatic heterocycles. The molecule has 1 aliphatic carbocycles. The first-order valence-electron chi connectivity index (χ1n) is 7.90. The summed E-state index contributed by atoms with van der Waals surface area (Å²) >= 11 is 3.51. The summed E-state index contributed by atoms with van der Waals surface area (Å²) in [7, 11) is -3.69. The van der Waals surface area contributed by atoms with Gasteiger partial charge in [0.05, 0.1) is 17.2 Å². The number of sulfonamides is 1. The highest BCUT2D eigenvalue weighted by Crippen LogP contribution is 2.36. The fraction of sp³-hybridized carbons (Fsp3) is 0.500. The molecule has 0 amide bonds. The van der Waals surface area contributed by atoms with Gasteiger partial charge in [-0.15, -0.1) is 0 Å². The zero-order chi connectivity index (χ0) is 17.7. The molecule has 132 valence electrons. The molecule has 0 heterocycles. The Morgan fingerprint density at radius 2 is 1.88 bits per heavy atom. The van der Waals surface area contributed by atoms with Gasteiger partial charge in [0.25, 0.3) is 5.69 Å². The second-order valence-corrected chi connectivity index (χ2v) is 8.68. The Kier molecular flexibility index (Phi) is 6.40. The molecule has 6 nitrogen and oxygen atoms in total. The number of anilines is 1. The van der Waals surface area contributed by atoms with E-state index in [0.717, 1.165) is 42.8 Å². The standard InChI is InChI=1S/C16H21BrN2O4S/c1-24(22,23)18(15-11-7-8-12-16(15)19(20)21)14-10-6-4-2-3-5-9-13(14)17/h7-9,11-12,14H,2-6,10H2,1H3/b13-9-. The third-order valence-corrected chi connectivity index (χ3v) is 6.06. The molecule has 8 heteroatoms. The summed E-state index contributed by atoms with van der Waals surface area (Å²) in [5, 5.41) is 11.4. The van der Waals surface area contributed by atoms with Crippen LogP contribution in [0.1, 0.15) is 38.5 Å². The lowest BCUT2D eigenvalue weighted by atomic mass is 10.1. The molecule has 1 unspecified atom stereocenters. The number of nitrogens with zero attached hydrogens (tertiary/aromatic N) is 2. The van der Waals surface area contributed by atoms with E-state index in [1.165, 1.54) is 22.5 Å². The van der Waals surface area contributed by atoms with Crippen molar-refractivity contribution in [2.75, 3.05) is 10.6 Å². The van der Waals surface area contributed by atoms with Crippen molar-refractivity contribution in [2.45, 2.75) is 44.6 Å². The topological polar surface area (TPSA) is 80.5 Å². The van der Waals surface area contributed by atoms with Crippen LogP contribution >= 0.6 is 15.9 Å². The van der Waals surface area contributed by atoms with Crippen LogP contribution in [-0.4, -0.2) is 25.6 Å². The molecule has 0 saturated heterocycles. The summed E-state index contributed by atoms with van der Waals surface area (Å²) in [6, 6.07) is 5.52. The second kappa shape index (κ2) is 8.11. The van der Waals surface area contributed by atoms with Gasteiger partial charge < -0.3 is 0 Å². The van der Waals surface area contributed by atoms with Crippen LogP contribution < -0.4 is 4.31 Å². The minimum atomic E-state index is -3.69. The maximum atomic E-state index is 12.5. The maximum absolute atomic E-state index is 12.5. The minimum Gasteiger partial charge on any atom is -0.258 e. The lowest BCUT2D eigenvalue weighted by Gasteiger charge is -2.31. The molecule has 0 spiro atoms. The number of halogens is 1. The molecule has 0 N–H and O–H groups in total. The van der Waals surface area contributed by atoms with Gasteiger partial charge in [-0.25, -0.2) is 8.42 Å². The highest BCUT2D eigenvalue weighted by atomic mass is 79.9. The average molecular weight is 417 g/mol. The highest BCUT2D eigenvalue weighted by Gasteiger charge is 2.33. The van der Waals surface area contributed by atoms with Crippen LogP contribution in [0.2, 0.25) is 0 Å². The number of allylic oxidation sites excluding steroid dienone is 1. The van der Waals surface area contributed by atoms with Gasteiger partial charge in [0.1, 0.15) is 5.69 Å². The van der Waals surface area contributed by atoms with Gasteiger partial charge in [-0.2, -0.15) is 0 Å². The van der Waals surface area contributed by atoms with Crippen LogP contribution in [0.4, 0.5) is 11.4 Å². The number of benzene rings is 1. The largest absolute Gasteiger partial charge is 0.293 e. The van der Waals surface area contributed by atoms with Crippen molar-refractivity contribution in [3.8, 4) is 0 Å². The van der Waals surface area contributed by atoms with Crippen LogP contribution in [0.3, 0.4) is 0 Å². The highest BCUT2D eigenvalue weighted by molar-refractivity contribution is 9.11. The van der Waals surface area contributed by atoms with E-state index >= 15 is 0 Å². The number of nitro groups is 1. The first-order chi connectivity index (χ1) is 11.3. The first kappa shape index (κ1) is 18.9. The number of hydrogen-bond acceptors (Lipinski definition) is 4. The van der Waals surface area contributed by atoms with Crippen molar-refractivity contribution in [3.05, 3.63) is 44.9 Å². The Labute approximate surface area is 150 Å². The van der Waals surface area contributed by atoms with Crippen LogP contribution in [0.15, 0.2) is 34.8 Å². The minimum absolute atomic E-state index is 0.111. The molecule has 1 aromatic rings. The van der Waals surface area contributed by atoms with E-state index in [2.05, 4.69) is 15.9 Å². The molecular formula is C16H21BrN2O4S. The van der Waals surface area contributed by atoms with E-state index in [9.17, 15) is 18.5 Å². The molecule has 2 rings (SSSR count). The molecule has 0 fully saturated rings. The Morgan fingerprint density at radius 1 is 1.21 bits per heavy atom. The molecule has 0 radical (unpaired) electrons. The smallest absolute Gasteiger partial charge is 0.258 e. The van der Waals surface area contributed by atoms with Gasteiger partial charge in [-0.05, 0) is 25.3 Å². The maximum Gasteiger partial charge on any atom is 0.293 e. The molecule has 24 heavy (non-hydrogen) atoms. The lowest BCUT2D eigenvalue weighted by molar-refractivity contribution is -0.384. The van der Waals surface area contributed by atoms with Crippen LogP contribution in [-0.2, 0) is 10.0 Å². The van der Waals surface area contributed by atoms with Crippen molar-refractivity contribution in [1.29, 1.82) is 0 Å². The van der Waals surface area contributed by atoms with Gasteiger partial charge in [-0.1, -0.05) is 53.4 Å². The molecule has 1 aromatic carbocycles. The van der Waals surface area contributed by atoms with Gasteiger partial charge >= 0.3 is 0 Å². The monoisotopic (exact) mass is 416 g/mol. The Morgan fingerprint density at radius 3 is 2.54 bits per heavy atom. The van der Waals surface area contributed by atoms with E-state index in [1.54, 1.807) is 6.07 Å². The first-order valence-corrected chi connectivity index (χ1v) is 10.5. The van der Waals surface area contributed by atoms with Gasteiger partial charge in [0, 0.05) is 10.5 Å². The van der Waals surface area contributed by atoms with Crippen molar-refractivity contribution in [1.82, 2.24) is 0 Å². The summed E-state index contributed by atoms with van der Waals surface area (Å²) in [5.41, 5.74) is -0.0947. The number of rotatable bonds is 4. The predicted octanol–water partition coefficient (Wildman–Crippen LogP) is 4.36. The quantitative estimate of drug-likeness (QED) is 0.539. The normalized spacial score (nSPS) is 21.8. The zero-order valence-corrected chi connectivity index (χ0v) is 15.9. The van der Waals surface area contributed by atoms with Crippen LogP contribution in [0.5, 0.6) is 0 Å². The van der Waals surface area contributed by atoms with E-state index in [0.29, 0.717) is 6.42 Å². The third-order valence-electron chi connectivity index (χ3n) is 4.05. The number of nitro benzene ring substituents is 1. The van der Waals surface area contributed by atoms with Gasteiger partial charge in [0.2, 0.25) is 10.0 Å². The molecule has 1 atom stereocenters. The fourth-order valence-electron chi connectivity index (χ4n) is 2.96. The summed E-state index contributed by atoms with van der Waals surface area (Å²) < 4.78 is 26.9. The second-order valence-electron chi connectivity index (χ2n) is 5.90. The Bertz CT molecular complexity index is 733. The third kappa shape index (κ3) is 4.57. The molecular weight excluding hydrogens is 396 g/mol. The lowest BCUT2D eigenvalue weighted by Crippen LogP contribution is -2.40. The van der Waals surface area contributed by atoms with Gasteiger partial charge in [-0.3, -0.25) is 14.4 Å². The summed E-state index contributed by atoms with van der Waals surface area (Å²) in [6.07, 6.45) is 8.64. The van der Waals surface area contributed by atoms with Crippen LogP contribution in [0.25, 0.3) is 0 Å². The van der Waals surface area contributed by atoms with E-state index in [1.807, 2.05) is 6.08 Å². The molecule has 0 saturated carbocycles. The molecule has 0 bridgehead atoms. The SMILES string of the molecule is CS(=O)(=O)N(c1ccccc1[N+](=O)[O-])C1CCCCCC/C=C/1Br. The van der Waals surface area contributed by atoms with Crippen LogP contribution in [0, 0.1) is 10.1 Å². The average Bonchev–Trinajstić information content (AvgIpc) is 2.60.